The Bertz CT molecular complexity index is 610. The van der Waals surface area contributed by atoms with E-state index in [2.05, 4.69) is 21.2 Å². The third-order valence-electron chi connectivity index (χ3n) is 3.61. The minimum Gasteiger partial charge on any atom is -0.444 e. The van der Waals surface area contributed by atoms with Crippen molar-refractivity contribution in [1.29, 1.82) is 0 Å². The number of ether oxygens (including phenoxy) is 1. The summed E-state index contributed by atoms with van der Waals surface area (Å²) in [6, 6.07) is 5.15. The molecule has 0 spiro atoms. The van der Waals surface area contributed by atoms with Crippen molar-refractivity contribution in [2.45, 2.75) is 52.2 Å². The average molecular weight is 383 g/mol. The van der Waals surface area contributed by atoms with Gasteiger partial charge in [0, 0.05) is 16.7 Å². The zero-order chi connectivity index (χ0) is 17.2. The summed E-state index contributed by atoms with van der Waals surface area (Å²) in [6.45, 7) is 7.97. The second-order valence-electron chi connectivity index (χ2n) is 6.78. The molecule has 1 aromatic rings. The third kappa shape index (κ3) is 4.70. The number of anilines is 1. The predicted molar refractivity (Wildman–Crippen MR) is 93.5 cm³/mol. The number of rotatable bonds is 2. The predicted octanol–water partition coefficient (Wildman–Crippen LogP) is 4.10. The Hall–Kier alpha value is -1.56. The van der Waals surface area contributed by atoms with Crippen LogP contribution in [-0.2, 0) is 9.53 Å². The number of nitrogens with zero attached hydrogens (tertiary/aromatic N) is 1. The highest BCUT2D eigenvalue weighted by Crippen LogP contribution is 2.24. The van der Waals surface area contributed by atoms with Crippen LogP contribution in [0.5, 0.6) is 0 Å². The smallest absolute Gasteiger partial charge is 0.410 e. The number of hydrogen-bond donors (Lipinski definition) is 1. The molecule has 1 aliphatic heterocycles. The lowest BCUT2D eigenvalue weighted by molar-refractivity contribution is -0.120. The van der Waals surface area contributed by atoms with Gasteiger partial charge in [0.2, 0.25) is 5.91 Å². The maximum absolute atomic E-state index is 12.5. The molecular weight excluding hydrogens is 360 g/mol. The van der Waals surface area contributed by atoms with E-state index in [1.807, 2.05) is 45.9 Å². The van der Waals surface area contributed by atoms with E-state index in [9.17, 15) is 9.59 Å². The summed E-state index contributed by atoms with van der Waals surface area (Å²) < 4.78 is 6.38. The van der Waals surface area contributed by atoms with Crippen LogP contribution in [0.25, 0.3) is 0 Å². The van der Waals surface area contributed by atoms with Crippen molar-refractivity contribution in [3.05, 3.63) is 28.2 Å². The van der Waals surface area contributed by atoms with Gasteiger partial charge in [0.1, 0.15) is 11.6 Å². The van der Waals surface area contributed by atoms with Gasteiger partial charge in [0.15, 0.2) is 0 Å². The van der Waals surface area contributed by atoms with Gasteiger partial charge < -0.3 is 10.1 Å². The number of carbonyl (C=O) groups is 2. The molecule has 1 saturated heterocycles. The Balaban J connectivity index is 2.05. The molecule has 23 heavy (non-hydrogen) atoms. The monoisotopic (exact) mass is 382 g/mol. The zero-order valence-corrected chi connectivity index (χ0v) is 15.6. The largest absolute Gasteiger partial charge is 0.444 e. The third-order valence-corrected chi connectivity index (χ3v) is 4.50. The van der Waals surface area contributed by atoms with E-state index < -0.39 is 17.7 Å². The number of nitrogens with one attached hydrogen (secondary N) is 1. The molecule has 1 N–H and O–H groups in total. The average Bonchev–Trinajstić information content (AvgIpc) is 2.90. The fourth-order valence-corrected chi connectivity index (χ4v) is 2.77. The molecule has 1 heterocycles. The Morgan fingerprint density at radius 3 is 2.65 bits per heavy atom. The molecule has 126 valence electrons. The first-order valence-electron chi connectivity index (χ1n) is 7.74. The van der Waals surface area contributed by atoms with Crippen LogP contribution >= 0.6 is 15.9 Å². The lowest BCUT2D eigenvalue weighted by atomic mass is 10.2. The molecule has 0 saturated carbocycles. The highest BCUT2D eigenvalue weighted by atomic mass is 79.9. The summed E-state index contributed by atoms with van der Waals surface area (Å²) in [6.07, 6.45) is 1.03. The standard InChI is InChI=1S/C17H23BrN2O3/c1-11-10-12(7-8-13(11)18)19-15(21)14-6-5-9-20(14)16(22)23-17(2,3)4/h7-8,10,14H,5-6,9H2,1-4H3,(H,19,21). The van der Waals surface area contributed by atoms with Crippen LogP contribution < -0.4 is 5.32 Å². The zero-order valence-electron chi connectivity index (χ0n) is 14.0. The lowest BCUT2D eigenvalue weighted by Crippen LogP contribution is -2.45. The normalized spacial score (nSPS) is 18.0. The molecule has 0 aliphatic carbocycles. The highest BCUT2D eigenvalue weighted by Gasteiger charge is 2.36. The van der Waals surface area contributed by atoms with Gasteiger partial charge in [-0.3, -0.25) is 9.69 Å². The molecule has 0 aromatic heterocycles. The van der Waals surface area contributed by atoms with Crippen LogP contribution in [-0.4, -0.2) is 35.1 Å². The molecular formula is C17H23BrN2O3. The second-order valence-corrected chi connectivity index (χ2v) is 7.64. The van der Waals surface area contributed by atoms with Gasteiger partial charge in [0.05, 0.1) is 0 Å². The van der Waals surface area contributed by atoms with Crippen molar-refractivity contribution in [2.75, 3.05) is 11.9 Å². The van der Waals surface area contributed by atoms with Crippen molar-refractivity contribution in [2.24, 2.45) is 0 Å². The molecule has 5 nitrogen and oxygen atoms in total. The van der Waals surface area contributed by atoms with Crippen molar-refractivity contribution >= 4 is 33.6 Å². The number of likely N-dealkylation sites (tertiary alicyclic amines) is 1. The van der Waals surface area contributed by atoms with E-state index in [-0.39, 0.29) is 5.91 Å². The van der Waals surface area contributed by atoms with Crippen LogP contribution in [0.3, 0.4) is 0 Å². The molecule has 6 heteroatoms. The first-order chi connectivity index (χ1) is 10.7. The van der Waals surface area contributed by atoms with Crippen molar-refractivity contribution in [3.8, 4) is 0 Å². The van der Waals surface area contributed by atoms with Crippen molar-refractivity contribution < 1.29 is 14.3 Å². The number of amides is 2. The van der Waals surface area contributed by atoms with Gasteiger partial charge in [-0.1, -0.05) is 15.9 Å². The minimum atomic E-state index is -0.566. The van der Waals surface area contributed by atoms with E-state index in [1.165, 1.54) is 4.90 Å². The van der Waals surface area contributed by atoms with Crippen LogP contribution in [0.2, 0.25) is 0 Å². The summed E-state index contributed by atoms with van der Waals surface area (Å²) in [5.41, 5.74) is 1.20. The SMILES string of the molecule is Cc1cc(NC(=O)C2CCCN2C(=O)OC(C)(C)C)ccc1Br. The maximum atomic E-state index is 12.5. The summed E-state index contributed by atoms with van der Waals surface area (Å²) in [4.78, 5) is 26.3. The summed E-state index contributed by atoms with van der Waals surface area (Å²) >= 11 is 3.44. The van der Waals surface area contributed by atoms with E-state index in [4.69, 9.17) is 4.74 Å². The van der Waals surface area contributed by atoms with E-state index in [0.717, 1.165) is 22.1 Å². The fraction of sp³-hybridized carbons (Fsp3) is 0.529. The fourth-order valence-electron chi connectivity index (χ4n) is 2.53. The summed E-state index contributed by atoms with van der Waals surface area (Å²) in [5.74, 6) is -0.171. The summed E-state index contributed by atoms with van der Waals surface area (Å²) in [5, 5.41) is 2.89. The number of hydrogen-bond acceptors (Lipinski definition) is 3. The maximum Gasteiger partial charge on any atom is 0.410 e. The molecule has 1 aliphatic rings. The Morgan fingerprint density at radius 2 is 2.04 bits per heavy atom. The number of halogens is 1. The molecule has 1 atom stereocenters. The van der Waals surface area contributed by atoms with Crippen LogP contribution in [0, 0.1) is 6.92 Å². The quantitative estimate of drug-likeness (QED) is 0.837. The number of benzene rings is 1. The number of aryl methyl sites for hydroxylation is 1. The second kappa shape index (κ2) is 6.91. The lowest BCUT2D eigenvalue weighted by Gasteiger charge is -2.28. The minimum absolute atomic E-state index is 0.171. The van der Waals surface area contributed by atoms with Crippen molar-refractivity contribution in [3.63, 3.8) is 0 Å². The van der Waals surface area contributed by atoms with E-state index >= 15 is 0 Å². The molecule has 2 rings (SSSR count). The molecule has 2 amide bonds. The molecule has 1 aromatic carbocycles. The van der Waals surface area contributed by atoms with Gasteiger partial charge in [-0.2, -0.15) is 0 Å². The molecule has 0 bridgehead atoms. The van der Waals surface area contributed by atoms with Gasteiger partial charge in [-0.25, -0.2) is 4.79 Å². The topological polar surface area (TPSA) is 58.6 Å². The van der Waals surface area contributed by atoms with Crippen LogP contribution in [0.1, 0.15) is 39.2 Å². The first-order valence-corrected chi connectivity index (χ1v) is 8.53. The van der Waals surface area contributed by atoms with E-state index in [1.54, 1.807) is 0 Å². The number of carbonyl (C=O) groups excluding carboxylic acids is 2. The van der Waals surface area contributed by atoms with Gasteiger partial charge in [0.25, 0.3) is 0 Å². The van der Waals surface area contributed by atoms with Gasteiger partial charge in [-0.15, -0.1) is 0 Å². The van der Waals surface area contributed by atoms with Crippen LogP contribution in [0.15, 0.2) is 22.7 Å². The van der Waals surface area contributed by atoms with E-state index in [0.29, 0.717) is 13.0 Å². The first kappa shape index (κ1) is 17.8. The highest BCUT2D eigenvalue weighted by molar-refractivity contribution is 9.10. The Kier molecular flexibility index (Phi) is 5.34. The Labute approximate surface area is 145 Å². The van der Waals surface area contributed by atoms with Crippen LogP contribution in [0.4, 0.5) is 10.5 Å². The van der Waals surface area contributed by atoms with Gasteiger partial charge in [-0.05, 0) is 64.3 Å². The summed E-state index contributed by atoms with van der Waals surface area (Å²) in [7, 11) is 0. The van der Waals surface area contributed by atoms with Gasteiger partial charge >= 0.3 is 6.09 Å². The Morgan fingerprint density at radius 1 is 1.35 bits per heavy atom. The molecule has 0 radical (unpaired) electrons. The van der Waals surface area contributed by atoms with Crippen molar-refractivity contribution in [1.82, 2.24) is 4.90 Å². The molecule has 1 unspecified atom stereocenters. The molecule has 1 fully saturated rings.